The van der Waals surface area contributed by atoms with Crippen LogP contribution >= 0.6 is 0 Å². The van der Waals surface area contributed by atoms with E-state index in [1.54, 1.807) is 43.2 Å². The first-order valence-corrected chi connectivity index (χ1v) is 15.0. The zero-order valence-corrected chi connectivity index (χ0v) is 24.4. The minimum absolute atomic E-state index is 0.149. The fraction of sp³-hybridized carbons (Fsp3) is 0.355. The van der Waals surface area contributed by atoms with Crippen LogP contribution in [0.15, 0.2) is 83.8 Å². The van der Waals surface area contributed by atoms with Crippen molar-refractivity contribution in [3.63, 3.8) is 0 Å². The predicted octanol–water partition coefficient (Wildman–Crippen LogP) is 4.47. The summed E-state index contributed by atoms with van der Waals surface area (Å²) in [6, 6.07) is 22.4. The van der Waals surface area contributed by atoms with Crippen molar-refractivity contribution in [2.45, 2.75) is 51.1 Å². The van der Waals surface area contributed by atoms with Gasteiger partial charge in [0.25, 0.3) is 0 Å². The molecule has 3 aromatic rings. The molecule has 2 amide bonds. The third-order valence-electron chi connectivity index (χ3n) is 6.39. The molecule has 3 rings (SSSR count). The van der Waals surface area contributed by atoms with Gasteiger partial charge >= 0.3 is 0 Å². The molecular formula is C31H39N3O5S. The van der Waals surface area contributed by atoms with Gasteiger partial charge in [-0.1, -0.05) is 75.4 Å². The highest BCUT2D eigenvalue weighted by Gasteiger charge is 2.31. The molecule has 0 aliphatic rings. The van der Waals surface area contributed by atoms with Gasteiger partial charge in [-0.15, -0.1) is 0 Å². The summed E-state index contributed by atoms with van der Waals surface area (Å²) in [6.45, 7) is 6.79. The van der Waals surface area contributed by atoms with Crippen LogP contribution in [0.4, 0.5) is 0 Å². The van der Waals surface area contributed by atoms with Crippen molar-refractivity contribution in [2.24, 2.45) is 5.92 Å². The molecular weight excluding hydrogens is 526 g/mol. The lowest BCUT2D eigenvalue weighted by Crippen LogP contribution is -2.44. The third kappa shape index (κ3) is 8.66. The second-order valence-electron chi connectivity index (χ2n) is 9.97. The summed E-state index contributed by atoms with van der Waals surface area (Å²) in [4.78, 5) is 29.2. The Morgan fingerprint density at radius 3 is 2.10 bits per heavy atom. The molecule has 0 aromatic heterocycles. The number of amides is 2. The number of carbonyl (C=O) groups excluding carboxylic acids is 2. The maximum Gasteiger partial charge on any atom is 0.247 e. The lowest BCUT2D eigenvalue weighted by atomic mass is 10.0. The van der Waals surface area contributed by atoms with Gasteiger partial charge in [0.05, 0.1) is 12.0 Å². The summed E-state index contributed by atoms with van der Waals surface area (Å²) >= 11 is 0. The van der Waals surface area contributed by atoms with Gasteiger partial charge in [0, 0.05) is 26.1 Å². The number of sulfonamides is 1. The molecule has 1 atom stereocenters. The van der Waals surface area contributed by atoms with E-state index in [-0.39, 0.29) is 35.6 Å². The number of rotatable bonds is 14. The van der Waals surface area contributed by atoms with Crippen LogP contribution < -0.4 is 14.8 Å². The zero-order valence-electron chi connectivity index (χ0n) is 23.6. The maximum atomic E-state index is 13.8. The summed E-state index contributed by atoms with van der Waals surface area (Å²) in [5.41, 5.74) is 2.42. The number of hydrogen-bond donors (Lipinski definition) is 2. The van der Waals surface area contributed by atoms with E-state index in [0.717, 1.165) is 16.7 Å². The first kappa shape index (κ1) is 30.8. The predicted molar refractivity (Wildman–Crippen MR) is 156 cm³/mol. The van der Waals surface area contributed by atoms with Crippen molar-refractivity contribution in [1.29, 1.82) is 0 Å². The second-order valence-corrected chi connectivity index (χ2v) is 11.7. The van der Waals surface area contributed by atoms with Crippen molar-refractivity contribution in [2.75, 3.05) is 20.2 Å². The van der Waals surface area contributed by atoms with Crippen LogP contribution in [-0.4, -0.2) is 45.3 Å². The molecule has 0 radical (unpaired) electrons. The number of benzene rings is 3. The highest BCUT2D eigenvalue weighted by Crippen LogP contribution is 2.26. The monoisotopic (exact) mass is 565 g/mol. The van der Waals surface area contributed by atoms with Crippen molar-refractivity contribution in [3.8, 4) is 5.75 Å². The number of nitrogens with zero attached hydrogens (tertiary/aromatic N) is 1. The quantitative estimate of drug-likeness (QED) is 0.300. The Morgan fingerprint density at radius 1 is 0.900 bits per heavy atom. The summed E-state index contributed by atoms with van der Waals surface area (Å²) in [7, 11) is -1.96. The Labute approximate surface area is 237 Å². The molecule has 8 nitrogen and oxygen atoms in total. The van der Waals surface area contributed by atoms with Crippen LogP contribution in [-0.2, 0) is 32.6 Å². The number of nitrogens with one attached hydrogen (secondary N) is 2. The van der Waals surface area contributed by atoms with E-state index in [9.17, 15) is 18.0 Å². The molecule has 0 spiro atoms. The Balaban J connectivity index is 1.89. The molecule has 0 aliphatic carbocycles. The highest BCUT2D eigenvalue weighted by molar-refractivity contribution is 7.89. The van der Waals surface area contributed by atoms with Gasteiger partial charge in [0.15, 0.2) is 0 Å². The standard InChI is InChI=1S/C31H39N3O5S/c1-5-33-40(37,38)28-18-13-24(14-19-28)15-20-29(35)34(22-25-11-16-27(39-4)17-12-25)30(26-9-7-6-8-10-26)31(36)32-21-23(2)3/h6-14,16-19,23,30,33H,5,15,20-22H2,1-4H3,(H,32,36). The van der Waals surface area contributed by atoms with Crippen molar-refractivity contribution in [1.82, 2.24) is 14.9 Å². The highest BCUT2D eigenvalue weighted by atomic mass is 32.2. The van der Waals surface area contributed by atoms with Gasteiger partial charge in [-0.05, 0) is 53.3 Å². The van der Waals surface area contributed by atoms with Crippen molar-refractivity contribution >= 4 is 21.8 Å². The molecule has 0 saturated heterocycles. The van der Waals surface area contributed by atoms with Crippen LogP contribution in [0.25, 0.3) is 0 Å². The summed E-state index contributed by atoms with van der Waals surface area (Å²) in [6.07, 6.45) is 0.546. The van der Waals surface area contributed by atoms with Gasteiger partial charge in [-0.3, -0.25) is 9.59 Å². The van der Waals surface area contributed by atoms with Crippen LogP contribution in [0.1, 0.15) is 49.9 Å². The zero-order chi connectivity index (χ0) is 29.1. The van der Waals surface area contributed by atoms with E-state index in [1.807, 2.05) is 68.4 Å². The molecule has 0 aliphatic heterocycles. The van der Waals surface area contributed by atoms with Gasteiger partial charge in [-0.2, -0.15) is 0 Å². The average molecular weight is 566 g/mol. The lowest BCUT2D eigenvalue weighted by molar-refractivity contribution is -0.141. The van der Waals surface area contributed by atoms with E-state index < -0.39 is 16.1 Å². The van der Waals surface area contributed by atoms with E-state index >= 15 is 0 Å². The maximum absolute atomic E-state index is 13.8. The smallest absolute Gasteiger partial charge is 0.247 e. The van der Waals surface area contributed by atoms with Crippen LogP contribution in [0.5, 0.6) is 5.75 Å². The molecule has 0 heterocycles. The second kappa shape index (κ2) is 14.6. The third-order valence-corrected chi connectivity index (χ3v) is 7.95. The number of methoxy groups -OCH3 is 1. The summed E-state index contributed by atoms with van der Waals surface area (Å²) in [5.74, 6) is 0.536. The summed E-state index contributed by atoms with van der Waals surface area (Å²) in [5, 5.41) is 3.01. The van der Waals surface area contributed by atoms with E-state index in [4.69, 9.17) is 4.74 Å². The molecule has 3 aromatic carbocycles. The average Bonchev–Trinajstić information content (AvgIpc) is 2.95. The summed E-state index contributed by atoms with van der Waals surface area (Å²) < 4.78 is 32.3. The molecule has 0 fully saturated rings. The normalized spacial score (nSPS) is 12.1. The molecule has 2 N–H and O–H groups in total. The Kier molecular flexibility index (Phi) is 11.3. The number of carbonyl (C=O) groups is 2. The van der Waals surface area contributed by atoms with Crippen molar-refractivity contribution in [3.05, 3.63) is 95.6 Å². The Bertz CT molecular complexity index is 1340. The molecule has 40 heavy (non-hydrogen) atoms. The van der Waals surface area contributed by atoms with E-state index in [0.29, 0.717) is 25.3 Å². The topological polar surface area (TPSA) is 105 Å². The first-order valence-electron chi connectivity index (χ1n) is 13.5. The largest absolute Gasteiger partial charge is 0.497 e. The van der Waals surface area contributed by atoms with Crippen LogP contribution in [0, 0.1) is 5.92 Å². The minimum atomic E-state index is -3.55. The SMILES string of the molecule is CCNS(=O)(=O)c1ccc(CCC(=O)N(Cc2ccc(OC)cc2)C(C(=O)NCC(C)C)c2ccccc2)cc1. The van der Waals surface area contributed by atoms with Gasteiger partial charge in [0.2, 0.25) is 21.8 Å². The Hall–Kier alpha value is -3.69. The molecule has 0 saturated carbocycles. The molecule has 9 heteroatoms. The lowest BCUT2D eigenvalue weighted by Gasteiger charge is -2.32. The van der Waals surface area contributed by atoms with Gasteiger partial charge in [-0.25, -0.2) is 13.1 Å². The van der Waals surface area contributed by atoms with Crippen LogP contribution in [0.3, 0.4) is 0 Å². The molecule has 214 valence electrons. The van der Waals surface area contributed by atoms with E-state index in [2.05, 4.69) is 10.0 Å². The van der Waals surface area contributed by atoms with Gasteiger partial charge in [0.1, 0.15) is 11.8 Å². The first-order chi connectivity index (χ1) is 19.1. The number of hydrogen-bond acceptors (Lipinski definition) is 5. The van der Waals surface area contributed by atoms with Gasteiger partial charge < -0.3 is 15.0 Å². The number of aryl methyl sites for hydroxylation is 1. The van der Waals surface area contributed by atoms with Crippen LogP contribution in [0.2, 0.25) is 0 Å². The van der Waals surface area contributed by atoms with E-state index in [1.165, 1.54) is 0 Å². The fourth-order valence-corrected chi connectivity index (χ4v) is 5.31. The van der Waals surface area contributed by atoms with Crippen molar-refractivity contribution < 1.29 is 22.7 Å². The Morgan fingerprint density at radius 2 is 1.52 bits per heavy atom. The molecule has 1 unspecified atom stereocenters. The minimum Gasteiger partial charge on any atom is -0.497 e. The fourth-order valence-electron chi connectivity index (χ4n) is 4.26. The molecule has 0 bridgehead atoms. The number of ether oxygens (including phenoxy) is 1.